The number of rotatable bonds is 3. The van der Waals surface area contributed by atoms with Crippen molar-refractivity contribution in [2.24, 2.45) is 0 Å². The molecule has 24 heavy (non-hydrogen) atoms. The summed E-state index contributed by atoms with van der Waals surface area (Å²) in [5.41, 5.74) is 1.23. The van der Waals surface area contributed by atoms with Gasteiger partial charge in [0.05, 0.1) is 0 Å². The Kier molecular flexibility index (Phi) is 4.60. The number of nitrogens with zero attached hydrogens (tertiary/aromatic N) is 3. The SMILES string of the molecule is Cc1c(O)cccc1C(=O)N1CCC[C@H](c2nccn2C(C)C)C1. The fraction of sp³-hybridized carbons (Fsp3) is 0.474. The average molecular weight is 327 g/mol. The molecule has 1 amide bonds. The smallest absolute Gasteiger partial charge is 0.254 e. The standard InChI is InChI=1S/C19H25N3O2/c1-13(2)22-11-9-20-18(22)15-6-5-10-21(12-15)19(24)16-7-4-8-17(23)14(16)3/h4,7-9,11,13,15,23H,5-6,10,12H2,1-3H3/t15-/m0/s1. The van der Waals surface area contributed by atoms with Gasteiger partial charge in [0.2, 0.25) is 0 Å². The Morgan fingerprint density at radius 2 is 2.17 bits per heavy atom. The van der Waals surface area contributed by atoms with Gasteiger partial charge in [-0.1, -0.05) is 6.07 Å². The fourth-order valence-corrected chi connectivity index (χ4v) is 3.48. The number of hydrogen-bond acceptors (Lipinski definition) is 3. The summed E-state index contributed by atoms with van der Waals surface area (Å²) in [5, 5.41) is 9.86. The normalized spacial score (nSPS) is 18.2. The van der Waals surface area contributed by atoms with Gasteiger partial charge in [0.25, 0.3) is 5.91 Å². The zero-order valence-electron chi connectivity index (χ0n) is 14.6. The number of carbonyl (C=O) groups excluding carboxylic acids is 1. The first-order chi connectivity index (χ1) is 11.5. The lowest BCUT2D eigenvalue weighted by atomic mass is 9.95. The number of likely N-dealkylation sites (tertiary alicyclic amines) is 1. The molecule has 1 aromatic heterocycles. The molecule has 2 aromatic rings. The van der Waals surface area contributed by atoms with Crippen molar-refractivity contribution >= 4 is 5.91 Å². The summed E-state index contributed by atoms with van der Waals surface area (Å²) in [6.45, 7) is 7.51. The largest absolute Gasteiger partial charge is 0.508 e. The van der Waals surface area contributed by atoms with Gasteiger partial charge in [-0.15, -0.1) is 0 Å². The van der Waals surface area contributed by atoms with E-state index in [0.717, 1.165) is 25.2 Å². The molecule has 1 aliphatic heterocycles. The van der Waals surface area contributed by atoms with E-state index in [1.807, 2.05) is 17.3 Å². The fourth-order valence-electron chi connectivity index (χ4n) is 3.48. The molecule has 0 saturated carbocycles. The number of phenolic OH excluding ortho intramolecular Hbond substituents is 1. The number of phenols is 1. The highest BCUT2D eigenvalue weighted by Gasteiger charge is 2.29. The summed E-state index contributed by atoms with van der Waals surface area (Å²) in [6, 6.07) is 5.49. The molecule has 0 unspecified atom stereocenters. The maximum atomic E-state index is 12.9. The van der Waals surface area contributed by atoms with Crippen LogP contribution in [0.4, 0.5) is 0 Å². The first-order valence-electron chi connectivity index (χ1n) is 8.59. The summed E-state index contributed by atoms with van der Waals surface area (Å²) in [7, 11) is 0. The minimum atomic E-state index is -0.00393. The summed E-state index contributed by atoms with van der Waals surface area (Å²) in [5.74, 6) is 1.49. The summed E-state index contributed by atoms with van der Waals surface area (Å²) >= 11 is 0. The number of aromatic hydroxyl groups is 1. The van der Waals surface area contributed by atoms with E-state index >= 15 is 0 Å². The van der Waals surface area contributed by atoms with Gasteiger partial charge in [0.1, 0.15) is 11.6 Å². The molecule has 3 rings (SSSR count). The Labute approximate surface area is 142 Å². The monoisotopic (exact) mass is 327 g/mol. The molecular formula is C19H25N3O2. The Bertz CT molecular complexity index is 736. The van der Waals surface area contributed by atoms with Gasteiger partial charge in [-0.25, -0.2) is 4.98 Å². The van der Waals surface area contributed by atoms with Crippen LogP contribution in [0.15, 0.2) is 30.6 Å². The van der Waals surface area contributed by atoms with Crippen LogP contribution in [0.25, 0.3) is 0 Å². The number of carbonyl (C=O) groups is 1. The molecule has 0 radical (unpaired) electrons. The zero-order valence-corrected chi connectivity index (χ0v) is 14.6. The predicted octanol–water partition coefficient (Wildman–Crippen LogP) is 3.50. The molecule has 1 N–H and O–H groups in total. The van der Waals surface area contributed by atoms with Crippen molar-refractivity contribution in [3.05, 3.63) is 47.5 Å². The van der Waals surface area contributed by atoms with Crippen LogP contribution >= 0.6 is 0 Å². The van der Waals surface area contributed by atoms with E-state index < -0.39 is 0 Å². The van der Waals surface area contributed by atoms with Crippen LogP contribution in [0.1, 0.15) is 60.4 Å². The topological polar surface area (TPSA) is 58.4 Å². The maximum Gasteiger partial charge on any atom is 0.254 e. The number of benzene rings is 1. The molecule has 0 aliphatic carbocycles. The Balaban J connectivity index is 1.82. The van der Waals surface area contributed by atoms with Crippen LogP contribution in [0.5, 0.6) is 5.75 Å². The average Bonchev–Trinajstić information content (AvgIpc) is 3.07. The number of piperidine rings is 1. The quantitative estimate of drug-likeness (QED) is 0.938. The summed E-state index contributed by atoms with van der Waals surface area (Å²) < 4.78 is 2.19. The lowest BCUT2D eigenvalue weighted by Crippen LogP contribution is -2.40. The van der Waals surface area contributed by atoms with Crippen LogP contribution in [0.2, 0.25) is 0 Å². The zero-order chi connectivity index (χ0) is 17.3. The molecular weight excluding hydrogens is 302 g/mol. The van der Waals surface area contributed by atoms with Gasteiger partial charge in [-0.2, -0.15) is 0 Å². The minimum Gasteiger partial charge on any atom is -0.508 e. The predicted molar refractivity (Wildman–Crippen MR) is 93.3 cm³/mol. The van der Waals surface area contributed by atoms with Crippen molar-refractivity contribution in [2.75, 3.05) is 13.1 Å². The Hall–Kier alpha value is -2.30. The van der Waals surface area contributed by atoms with Crippen molar-refractivity contribution in [2.45, 2.75) is 45.6 Å². The lowest BCUT2D eigenvalue weighted by molar-refractivity contribution is 0.0702. The Morgan fingerprint density at radius 1 is 1.38 bits per heavy atom. The third-order valence-electron chi connectivity index (χ3n) is 4.86. The van der Waals surface area contributed by atoms with Crippen LogP contribution in [-0.4, -0.2) is 38.6 Å². The highest BCUT2D eigenvalue weighted by Crippen LogP contribution is 2.29. The van der Waals surface area contributed by atoms with Crippen LogP contribution in [-0.2, 0) is 0 Å². The van der Waals surface area contributed by atoms with Crippen LogP contribution < -0.4 is 0 Å². The van der Waals surface area contributed by atoms with Gasteiger partial charge in [0, 0.05) is 48.6 Å². The van der Waals surface area contributed by atoms with Crippen molar-refractivity contribution in [1.29, 1.82) is 0 Å². The van der Waals surface area contributed by atoms with Gasteiger partial charge in [-0.3, -0.25) is 4.79 Å². The lowest BCUT2D eigenvalue weighted by Gasteiger charge is -2.33. The molecule has 128 valence electrons. The van der Waals surface area contributed by atoms with Gasteiger partial charge in [-0.05, 0) is 45.7 Å². The maximum absolute atomic E-state index is 12.9. The Morgan fingerprint density at radius 3 is 2.92 bits per heavy atom. The highest BCUT2D eigenvalue weighted by atomic mass is 16.3. The van der Waals surface area contributed by atoms with Crippen molar-refractivity contribution in [3.8, 4) is 5.75 Å². The van der Waals surface area contributed by atoms with E-state index in [4.69, 9.17) is 0 Å². The number of aromatic nitrogens is 2. The van der Waals surface area contributed by atoms with Crippen LogP contribution in [0, 0.1) is 6.92 Å². The first kappa shape index (κ1) is 16.6. The summed E-state index contributed by atoms with van der Waals surface area (Å²) in [6.07, 6.45) is 5.88. The third-order valence-corrected chi connectivity index (χ3v) is 4.86. The molecule has 1 aromatic carbocycles. The second kappa shape index (κ2) is 6.67. The molecule has 2 heterocycles. The molecule has 0 spiro atoms. The molecule has 1 atom stereocenters. The number of amides is 1. The van der Waals surface area contributed by atoms with Crippen molar-refractivity contribution in [1.82, 2.24) is 14.5 Å². The van der Waals surface area contributed by atoms with Gasteiger partial charge < -0.3 is 14.6 Å². The molecule has 1 aliphatic rings. The number of imidazole rings is 1. The molecule has 1 fully saturated rings. The second-order valence-electron chi connectivity index (χ2n) is 6.83. The summed E-state index contributed by atoms with van der Waals surface area (Å²) in [4.78, 5) is 19.3. The van der Waals surface area contributed by atoms with Gasteiger partial charge >= 0.3 is 0 Å². The molecule has 5 nitrogen and oxygen atoms in total. The van der Waals surface area contributed by atoms with E-state index in [1.165, 1.54) is 0 Å². The van der Waals surface area contributed by atoms with E-state index in [9.17, 15) is 9.90 Å². The van der Waals surface area contributed by atoms with Crippen LogP contribution in [0.3, 0.4) is 0 Å². The molecule has 1 saturated heterocycles. The first-order valence-corrected chi connectivity index (χ1v) is 8.59. The second-order valence-corrected chi connectivity index (χ2v) is 6.83. The van der Waals surface area contributed by atoms with Gasteiger partial charge in [0.15, 0.2) is 0 Å². The highest BCUT2D eigenvalue weighted by molar-refractivity contribution is 5.96. The van der Waals surface area contributed by atoms with E-state index in [1.54, 1.807) is 25.1 Å². The molecule has 5 heteroatoms. The minimum absolute atomic E-state index is 0.00393. The van der Waals surface area contributed by atoms with E-state index in [-0.39, 0.29) is 17.6 Å². The van der Waals surface area contributed by atoms with E-state index in [2.05, 4.69) is 23.4 Å². The third kappa shape index (κ3) is 3.03. The van der Waals surface area contributed by atoms with Crippen molar-refractivity contribution < 1.29 is 9.90 Å². The number of hydrogen-bond donors (Lipinski definition) is 1. The van der Waals surface area contributed by atoms with Crippen molar-refractivity contribution in [3.63, 3.8) is 0 Å². The van der Waals surface area contributed by atoms with E-state index in [0.29, 0.717) is 23.7 Å². The molecule has 0 bridgehead atoms.